The average Bonchev–Trinajstić information content (AvgIpc) is 3.26. The number of thiazole rings is 1. The van der Waals surface area contributed by atoms with E-state index in [-0.39, 0.29) is 5.82 Å². The van der Waals surface area contributed by atoms with Gasteiger partial charge in [-0.05, 0) is 37.1 Å². The number of hydrogen-bond acceptors (Lipinski definition) is 2. The van der Waals surface area contributed by atoms with Crippen LogP contribution < -0.4 is 4.80 Å². The number of halogens is 1. The summed E-state index contributed by atoms with van der Waals surface area (Å²) >= 11 is 1.59. The maximum absolute atomic E-state index is 14.3. The largest absolute Gasteiger partial charge is 0.313 e. The van der Waals surface area contributed by atoms with Crippen LogP contribution in [-0.2, 0) is 0 Å². The summed E-state index contributed by atoms with van der Waals surface area (Å²) in [5, 5.41) is 2.04. The quantitative estimate of drug-likeness (QED) is 0.582. The summed E-state index contributed by atoms with van der Waals surface area (Å²) < 4.78 is 16.6. The molecule has 0 aliphatic heterocycles. The van der Waals surface area contributed by atoms with Crippen molar-refractivity contribution in [3.05, 3.63) is 70.6 Å². The lowest BCUT2D eigenvalue weighted by Crippen LogP contribution is -2.20. The van der Waals surface area contributed by atoms with Crippen LogP contribution in [0.15, 0.2) is 65.0 Å². The Balaban J connectivity index is 1.90. The van der Waals surface area contributed by atoms with Crippen LogP contribution in [0.2, 0.25) is 0 Å². The molecule has 0 radical (unpaired) electrons. The van der Waals surface area contributed by atoms with Crippen LogP contribution >= 0.6 is 11.3 Å². The fourth-order valence-electron chi connectivity index (χ4n) is 3.40. The summed E-state index contributed by atoms with van der Waals surface area (Å²) in [6.45, 7) is 0. The maximum atomic E-state index is 14.3. The minimum absolute atomic E-state index is 0.173. The van der Waals surface area contributed by atoms with Crippen molar-refractivity contribution in [2.45, 2.75) is 31.7 Å². The van der Waals surface area contributed by atoms with Crippen LogP contribution in [0.1, 0.15) is 31.7 Å². The molecule has 2 aromatic carbocycles. The highest BCUT2D eigenvalue weighted by atomic mass is 32.1. The Hall–Kier alpha value is -2.20. The first kappa shape index (κ1) is 15.3. The average molecular weight is 338 g/mol. The van der Waals surface area contributed by atoms with Crippen molar-refractivity contribution in [3.63, 3.8) is 0 Å². The first-order valence-electron chi connectivity index (χ1n) is 8.37. The van der Waals surface area contributed by atoms with Gasteiger partial charge < -0.3 is 4.57 Å². The Morgan fingerprint density at radius 2 is 1.67 bits per heavy atom. The van der Waals surface area contributed by atoms with E-state index in [4.69, 9.17) is 4.99 Å². The lowest BCUT2D eigenvalue weighted by atomic mass is 10.1. The van der Waals surface area contributed by atoms with Crippen molar-refractivity contribution < 1.29 is 4.39 Å². The third kappa shape index (κ3) is 2.94. The molecule has 122 valence electrons. The molecule has 1 heterocycles. The standard InChI is InChI=1S/C20H19FN2S/c21-18-13-7-6-12-17(18)19-14-24-20(22-15-8-2-1-3-9-15)23(19)16-10-4-5-11-16/h1-3,6-9,12-14,16H,4-5,10-11H2. The SMILES string of the molecule is Fc1ccccc1-c1csc(=Nc2ccccc2)n1C1CCCC1. The molecule has 0 bridgehead atoms. The van der Waals surface area contributed by atoms with Crippen molar-refractivity contribution in [3.8, 4) is 11.3 Å². The van der Waals surface area contributed by atoms with E-state index in [1.165, 1.54) is 18.9 Å². The van der Waals surface area contributed by atoms with E-state index in [9.17, 15) is 4.39 Å². The number of rotatable bonds is 3. The first-order valence-corrected chi connectivity index (χ1v) is 9.25. The summed E-state index contributed by atoms with van der Waals surface area (Å²) in [7, 11) is 0. The van der Waals surface area contributed by atoms with Gasteiger partial charge in [0.15, 0.2) is 4.80 Å². The van der Waals surface area contributed by atoms with E-state index in [0.717, 1.165) is 29.0 Å². The van der Waals surface area contributed by atoms with Gasteiger partial charge in [0.25, 0.3) is 0 Å². The fraction of sp³-hybridized carbons (Fsp3) is 0.250. The van der Waals surface area contributed by atoms with Crippen molar-refractivity contribution in [2.75, 3.05) is 0 Å². The molecule has 4 heteroatoms. The minimum Gasteiger partial charge on any atom is -0.313 e. The number of hydrogen-bond donors (Lipinski definition) is 0. The van der Waals surface area contributed by atoms with Gasteiger partial charge in [-0.1, -0.05) is 43.2 Å². The van der Waals surface area contributed by atoms with Crippen LogP contribution in [0.25, 0.3) is 11.3 Å². The summed E-state index contributed by atoms with van der Waals surface area (Å²) in [5.41, 5.74) is 2.54. The number of para-hydroxylation sites is 1. The molecule has 0 N–H and O–H groups in total. The van der Waals surface area contributed by atoms with Crippen LogP contribution in [0, 0.1) is 5.82 Å². The molecule has 2 nitrogen and oxygen atoms in total. The number of aromatic nitrogens is 1. The highest BCUT2D eigenvalue weighted by molar-refractivity contribution is 7.07. The van der Waals surface area contributed by atoms with Gasteiger partial charge in [0.2, 0.25) is 0 Å². The molecule has 1 aromatic heterocycles. The first-order chi connectivity index (χ1) is 11.8. The fourth-order valence-corrected chi connectivity index (χ4v) is 4.37. The Morgan fingerprint density at radius 1 is 0.958 bits per heavy atom. The Kier molecular flexibility index (Phi) is 4.30. The minimum atomic E-state index is -0.173. The van der Waals surface area contributed by atoms with Gasteiger partial charge in [-0.25, -0.2) is 9.38 Å². The topological polar surface area (TPSA) is 17.3 Å². The molecule has 0 spiro atoms. The molecule has 1 aliphatic rings. The molecule has 1 saturated carbocycles. The summed E-state index contributed by atoms with van der Waals surface area (Å²) in [6, 6.07) is 17.4. The number of benzene rings is 2. The van der Waals surface area contributed by atoms with Crippen LogP contribution in [-0.4, -0.2) is 4.57 Å². The predicted octanol–water partition coefficient (Wildman–Crippen LogP) is 5.70. The van der Waals surface area contributed by atoms with E-state index in [1.54, 1.807) is 17.4 Å². The van der Waals surface area contributed by atoms with Gasteiger partial charge in [0.1, 0.15) is 5.82 Å². The molecule has 0 unspecified atom stereocenters. The molecular formula is C20H19FN2S. The van der Waals surface area contributed by atoms with Crippen LogP contribution in [0.3, 0.4) is 0 Å². The van der Waals surface area contributed by atoms with Crippen LogP contribution in [0.5, 0.6) is 0 Å². The van der Waals surface area contributed by atoms with E-state index >= 15 is 0 Å². The second-order valence-corrected chi connectivity index (χ2v) is 6.98. The third-order valence-electron chi connectivity index (χ3n) is 4.56. The van der Waals surface area contributed by atoms with Crippen molar-refractivity contribution in [2.24, 2.45) is 4.99 Å². The van der Waals surface area contributed by atoms with Gasteiger partial charge in [-0.3, -0.25) is 0 Å². The third-order valence-corrected chi connectivity index (χ3v) is 5.40. The second-order valence-electron chi connectivity index (χ2n) is 6.14. The monoisotopic (exact) mass is 338 g/mol. The van der Waals surface area contributed by atoms with E-state index in [1.807, 2.05) is 47.8 Å². The smallest absolute Gasteiger partial charge is 0.190 e. The molecule has 3 aromatic rings. The Bertz CT molecular complexity index is 889. The van der Waals surface area contributed by atoms with Gasteiger partial charge >= 0.3 is 0 Å². The highest BCUT2D eigenvalue weighted by Gasteiger charge is 2.22. The summed E-state index contributed by atoms with van der Waals surface area (Å²) in [5.74, 6) is -0.173. The summed E-state index contributed by atoms with van der Waals surface area (Å²) in [6.07, 6.45) is 4.74. The molecular weight excluding hydrogens is 319 g/mol. The van der Waals surface area contributed by atoms with E-state index in [2.05, 4.69) is 4.57 Å². The van der Waals surface area contributed by atoms with Gasteiger partial charge in [0.05, 0.1) is 11.4 Å². The molecule has 0 atom stereocenters. The second kappa shape index (κ2) is 6.73. The van der Waals surface area contributed by atoms with Crippen molar-refractivity contribution in [1.29, 1.82) is 0 Å². The number of nitrogens with zero attached hydrogens (tertiary/aromatic N) is 2. The van der Waals surface area contributed by atoms with Gasteiger partial charge in [-0.15, -0.1) is 11.3 Å². The normalized spacial score (nSPS) is 16.0. The van der Waals surface area contributed by atoms with Crippen molar-refractivity contribution >= 4 is 17.0 Å². The molecule has 4 rings (SSSR count). The lowest BCUT2D eigenvalue weighted by Gasteiger charge is -2.16. The Labute approximate surface area is 144 Å². The van der Waals surface area contributed by atoms with E-state index in [0.29, 0.717) is 11.6 Å². The van der Waals surface area contributed by atoms with Gasteiger partial charge in [0, 0.05) is 17.0 Å². The zero-order chi connectivity index (χ0) is 16.4. The lowest BCUT2D eigenvalue weighted by molar-refractivity contribution is 0.510. The molecule has 1 fully saturated rings. The zero-order valence-electron chi connectivity index (χ0n) is 13.4. The Morgan fingerprint density at radius 3 is 2.42 bits per heavy atom. The highest BCUT2D eigenvalue weighted by Crippen LogP contribution is 2.34. The van der Waals surface area contributed by atoms with Gasteiger partial charge in [-0.2, -0.15) is 0 Å². The molecule has 1 aliphatic carbocycles. The molecule has 24 heavy (non-hydrogen) atoms. The maximum Gasteiger partial charge on any atom is 0.190 e. The molecule has 0 amide bonds. The van der Waals surface area contributed by atoms with Crippen LogP contribution in [0.4, 0.5) is 10.1 Å². The zero-order valence-corrected chi connectivity index (χ0v) is 14.2. The summed E-state index contributed by atoms with van der Waals surface area (Å²) in [4.78, 5) is 5.77. The molecule has 0 saturated heterocycles. The van der Waals surface area contributed by atoms with Crippen molar-refractivity contribution in [1.82, 2.24) is 4.57 Å². The predicted molar refractivity (Wildman–Crippen MR) is 96.9 cm³/mol. The van der Waals surface area contributed by atoms with E-state index < -0.39 is 0 Å².